The molecule has 1 unspecified atom stereocenters. The van der Waals surface area contributed by atoms with E-state index in [2.05, 4.69) is 5.32 Å². The second kappa shape index (κ2) is 11.1. The van der Waals surface area contributed by atoms with Crippen LogP contribution in [-0.4, -0.2) is 25.9 Å². The molecule has 0 bridgehead atoms. The Morgan fingerprint density at radius 2 is 1.93 bits per heavy atom. The highest BCUT2D eigenvalue weighted by Gasteiger charge is 2.16. The third-order valence-corrected chi connectivity index (χ3v) is 4.40. The summed E-state index contributed by atoms with van der Waals surface area (Å²) in [6, 6.07) is 12.5. The summed E-state index contributed by atoms with van der Waals surface area (Å²) in [6.07, 6.45) is 2.51. The van der Waals surface area contributed by atoms with Gasteiger partial charge in [-0.15, -0.1) is 12.4 Å². The monoisotopic (exact) mass is 395 g/mol. The van der Waals surface area contributed by atoms with Crippen molar-refractivity contribution < 1.29 is 18.6 Å². The molecule has 27 heavy (non-hydrogen) atoms. The molecule has 6 heteroatoms. The lowest BCUT2D eigenvalue weighted by Gasteiger charge is -2.17. The van der Waals surface area contributed by atoms with Gasteiger partial charge in [0.05, 0.1) is 12.7 Å². The Bertz CT molecular complexity index is 708. The van der Waals surface area contributed by atoms with E-state index in [9.17, 15) is 4.39 Å². The minimum absolute atomic E-state index is 0. The van der Waals surface area contributed by atoms with E-state index in [0.717, 1.165) is 31.6 Å². The van der Waals surface area contributed by atoms with Gasteiger partial charge >= 0.3 is 0 Å². The number of para-hydroxylation sites is 1. The van der Waals surface area contributed by atoms with Crippen LogP contribution in [0.25, 0.3) is 0 Å². The molecular formula is C21H27ClFNO3. The van der Waals surface area contributed by atoms with E-state index in [1.165, 1.54) is 6.07 Å². The Kier molecular flexibility index (Phi) is 8.85. The third kappa shape index (κ3) is 6.09. The number of hydrogen-bond acceptors (Lipinski definition) is 4. The predicted molar refractivity (Wildman–Crippen MR) is 106 cm³/mol. The van der Waals surface area contributed by atoms with E-state index in [0.29, 0.717) is 30.2 Å². The SMILES string of the molecule is CCOc1cccc(CNCC2CCCO2)c1OCc1ccccc1F.Cl. The molecule has 0 spiro atoms. The quantitative estimate of drug-likeness (QED) is 0.678. The van der Waals surface area contributed by atoms with Crippen LogP contribution in [0.4, 0.5) is 4.39 Å². The molecular weight excluding hydrogens is 369 g/mol. The molecule has 0 saturated carbocycles. The number of benzene rings is 2. The fourth-order valence-corrected chi connectivity index (χ4v) is 3.07. The fraction of sp³-hybridized carbons (Fsp3) is 0.429. The van der Waals surface area contributed by atoms with Crippen LogP contribution in [0.2, 0.25) is 0 Å². The number of nitrogens with one attached hydrogen (secondary N) is 1. The Morgan fingerprint density at radius 1 is 1.11 bits per heavy atom. The second-order valence-electron chi connectivity index (χ2n) is 6.32. The molecule has 1 atom stereocenters. The van der Waals surface area contributed by atoms with Crippen molar-refractivity contribution in [1.82, 2.24) is 5.32 Å². The molecule has 2 aromatic rings. The lowest BCUT2D eigenvalue weighted by molar-refractivity contribution is 0.110. The Hall–Kier alpha value is -1.82. The smallest absolute Gasteiger partial charge is 0.166 e. The van der Waals surface area contributed by atoms with Crippen molar-refractivity contribution in [1.29, 1.82) is 0 Å². The molecule has 0 amide bonds. The zero-order valence-electron chi connectivity index (χ0n) is 15.6. The summed E-state index contributed by atoms with van der Waals surface area (Å²) >= 11 is 0. The summed E-state index contributed by atoms with van der Waals surface area (Å²) < 4.78 is 31.2. The van der Waals surface area contributed by atoms with Crippen LogP contribution in [0.5, 0.6) is 11.5 Å². The first kappa shape index (κ1) is 21.5. The molecule has 2 aromatic carbocycles. The van der Waals surface area contributed by atoms with E-state index >= 15 is 0 Å². The number of rotatable bonds is 9. The second-order valence-corrected chi connectivity index (χ2v) is 6.32. The van der Waals surface area contributed by atoms with E-state index < -0.39 is 0 Å². The number of halogens is 2. The highest BCUT2D eigenvalue weighted by atomic mass is 35.5. The van der Waals surface area contributed by atoms with Gasteiger partial charge < -0.3 is 19.5 Å². The van der Waals surface area contributed by atoms with Gasteiger partial charge in [0.15, 0.2) is 11.5 Å². The van der Waals surface area contributed by atoms with Gasteiger partial charge in [0, 0.05) is 30.8 Å². The van der Waals surface area contributed by atoms with Gasteiger partial charge in [0.25, 0.3) is 0 Å². The molecule has 1 heterocycles. The molecule has 0 aromatic heterocycles. The van der Waals surface area contributed by atoms with Crippen molar-refractivity contribution in [2.45, 2.75) is 39.0 Å². The first-order valence-corrected chi connectivity index (χ1v) is 9.21. The normalized spacial score (nSPS) is 16.0. The average Bonchev–Trinajstić information content (AvgIpc) is 3.16. The van der Waals surface area contributed by atoms with Crippen LogP contribution in [0, 0.1) is 5.82 Å². The maximum Gasteiger partial charge on any atom is 0.166 e. The zero-order chi connectivity index (χ0) is 18.2. The summed E-state index contributed by atoms with van der Waals surface area (Å²) in [6.45, 7) is 4.95. The van der Waals surface area contributed by atoms with E-state index in [1.54, 1.807) is 18.2 Å². The van der Waals surface area contributed by atoms with Crippen molar-refractivity contribution in [2.24, 2.45) is 0 Å². The van der Waals surface area contributed by atoms with E-state index in [-0.39, 0.29) is 30.9 Å². The van der Waals surface area contributed by atoms with Crippen molar-refractivity contribution >= 4 is 12.4 Å². The van der Waals surface area contributed by atoms with Crippen molar-refractivity contribution in [3.63, 3.8) is 0 Å². The van der Waals surface area contributed by atoms with Crippen molar-refractivity contribution in [3.8, 4) is 11.5 Å². The minimum Gasteiger partial charge on any atom is -0.490 e. The summed E-state index contributed by atoms with van der Waals surface area (Å²) in [5.74, 6) is 1.08. The minimum atomic E-state index is -0.264. The average molecular weight is 396 g/mol. The predicted octanol–water partition coefficient (Wildman–Crippen LogP) is 4.49. The molecule has 0 aliphatic carbocycles. The Labute approximate surface area is 166 Å². The van der Waals surface area contributed by atoms with Crippen LogP contribution < -0.4 is 14.8 Å². The van der Waals surface area contributed by atoms with Crippen LogP contribution in [0.3, 0.4) is 0 Å². The van der Waals surface area contributed by atoms with Gasteiger partial charge in [-0.1, -0.05) is 30.3 Å². The number of hydrogen-bond donors (Lipinski definition) is 1. The van der Waals surface area contributed by atoms with Crippen LogP contribution >= 0.6 is 12.4 Å². The molecule has 1 saturated heterocycles. The molecule has 148 valence electrons. The van der Waals surface area contributed by atoms with Gasteiger partial charge in [-0.2, -0.15) is 0 Å². The van der Waals surface area contributed by atoms with Gasteiger partial charge in [0.2, 0.25) is 0 Å². The van der Waals surface area contributed by atoms with Gasteiger partial charge in [-0.25, -0.2) is 4.39 Å². The summed E-state index contributed by atoms with van der Waals surface area (Å²) in [5.41, 5.74) is 1.52. The molecule has 1 aliphatic heterocycles. The molecule has 4 nitrogen and oxygen atoms in total. The summed E-state index contributed by atoms with van der Waals surface area (Å²) in [4.78, 5) is 0. The third-order valence-electron chi connectivity index (χ3n) is 4.40. The maximum absolute atomic E-state index is 13.9. The van der Waals surface area contributed by atoms with Gasteiger partial charge in [0.1, 0.15) is 12.4 Å². The maximum atomic E-state index is 13.9. The van der Waals surface area contributed by atoms with E-state index in [4.69, 9.17) is 14.2 Å². The first-order chi connectivity index (χ1) is 12.8. The zero-order valence-corrected chi connectivity index (χ0v) is 16.4. The van der Waals surface area contributed by atoms with E-state index in [1.807, 2.05) is 25.1 Å². The van der Waals surface area contributed by atoms with Gasteiger partial charge in [-0.05, 0) is 31.9 Å². The summed E-state index contributed by atoms with van der Waals surface area (Å²) in [5, 5.41) is 3.43. The molecule has 0 radical (unpaired) electrons. The largest absolute Gasteiger partial charge is 0.490 e. The lowest BCUT2D eigenvalue weighted by Crippen LogP contribution is -2.26. The van der Waals surface area contributed by atoms with Crippen LogP contribution in [0.15, 0.2) is 42.5 Å². The first-order valence-electron chi connectivity index (χ1n) is 9.21. The highest BCUT2D eigenvalue weighted by molar-refractivity contribution is 5.85. The Morgan fingerprint density at radius 3 is 2.67 bits per heavy atom. The molecule has 1 N–H and O–H groups in total. The molecule has 1 fully saturated rings. The Balaban J connectivity index is 0.00000261. The molecule has 3 rings (SSSR count). The fourth-order valence-electron chi connectivity index (χ4n) is 3.07. The number of ether oxygens (including phenoxy) is 3. The molecule has 1 aliphatic rings. The highest BCUT2D eigenvalue weighted by Crippen LogP contribution is 2.32. The van der Waals surface area contributed by atoms with Gasteiger partial charge in [-0.3, -0.25) is 0 Å². The van der Waals surface area contributed by atoms with Crippen molar-refractivity contribution in [2.75, 3.05) is 19.8 Å². The van der Waals surface area contributed by atoms with Crippen molar-refractivity contribution in [3.05, 3.63) is 59.4 Å². The van der Waals surface area contributed by atoms with Crippen LogP contribution in [-0.2, 0) is 17.9 Å². The topological polar surface area (TPSA) is 39.7 Å². The standard InChI is InChI=1S/C21H26FNO3.ClH/c1-2-24-20-11-5-8-16(13-23-14-18-9-6-12-25-18)21(20)26-15-17-7-3-4-10-19(17)22;/h3-5,7-8,10-11,18,23H,2,6,9,12-15H2,1H3;1H. The summed E-state index contributed by atoms with van der Waals surface area (Å²) in [7, 11) is 0. The van der Waals surface area contributed by atoms with Crippen LogP contribution in [0.1, 0.15) is 30.9 Å². The lowest BCUT2D eigenvalue weighted by atomic mass is 10.1.